The molecular weight excluding hydrogens is 797 g/mol. The van der Waals surface area contributed by atoms with Gasteiger partial charge in [0.05, 0.1) is 0 Å². The van der Waals surface area contributed by atoms with Crippen molar-refractivity contribution in [2.75, 3.05) is 9.80 Å². The normalized spacial score (nSPS) is 13.6. The third-order valence-electron chi connectivity index (χ3n) is 13.4. The van der Waals surface area contributed by atoms with Gasteiger partial charge < -0.3 is 9.80 Å². The fourth-order valence-corrected chi connectivity index (χ4v) is 10.0. The Morgan fingerprint density at radius 3 is 1.26 bits per heavy atom. The number of rotatable bonds is 10. The molecule has 318 valence electrons. The zero-order valence-electron chi connectivity index (χ0n) is 37.7. The molecule has 2 heteroatoms. The summed E-state index contributed by atoms with van der Waals surface area (Å²) in [6.07, 6.45) is 15.9. The van der Waals surface area contributed by atoms with E-state index in [1.165, 1.54) is 77.2 Å². The predicted octanol–water partition coefficient (Wildman–Crippen LogP) is 18.3. The van der Waals surface area contributed by atoms with E-state index in [4.69, 9.17) is 0 Å². The number of benzene rings is 9. The maximum Gasteiger partial charge on any atom is 0.0468 e. The molecule has 0 atom stereocenters. The lowest BCUT2D eigenvalue weighted by atomic mass is 9.81. The fraction of sp³-hybridized carbons (Fsp3) is 0.0938. The molecule has 11 rings (SSSR count). The zero-order valence-corrected chi connectivity index (χ0v) is 37.7. The molecule has 9 aromatic rings. The highest BCUT2D eigenvalue weighted by Crippen LogP contribution is 2.49. The first kappa shape index (κ1) is 40.8. The van der Waals surface area contributed by atoms with Crippen LogP contribution in [0.4, 0.5) is 34.1 Å². The molecule has 0 radical (unpaired) electrons. The topological polar surface area (TPSA) is 6.48 Å². The van der Waals surface area contributed by atoms with Crippen molar-refractivity contribution < 1.29 is 0 Å². The van der Waals surface area contributed by atoms with Crippen molar-refractivity contribution in [2.45, 2.75) is 39.5 Å². The summed E-state index contributed by atoms with van der Waals surface area (Å²) in [6.45, 7) is 4.31. The van der Waals surface area contributed by atoms with Crippen molar-refractivity contribution in [1.29, 1.82) is 0 Å². The van der Waals surface area contributed by atoms with E-state index in [9.17, 15) is 0 Å². The number of allylic oxidation sites excluding steroid dienone is 8. The van der Waals surface area contributed by atoms with Gasteiger partial charge in [0.25, 0.3) is 0 Å². The molecule has 66 heavy (non-hydrogen) atoms. The van der Waals surface area contributed by atoms with E-state index in [1.807, 2.05) is 0 Å². The van der Waals surface area contributed by atoms with Gasteiger partial charge in [0.2, 0.25) is 0 Å². The SMILES string of the molecule is Cc1ccc(N(c2ccccc2)c2ccc3c(-c4ccc(-c5ccccc5)cc4)c4cc(N(c5ccccc5)c5ccc(C)cc5)ccc4c(C4=CC=C(C5=CC=CCC5)CC4)c3c2)cc1. The van der Waals surface area contributed by atoms with Crippen LogP contribution >= 0.6 is 0 Å². The molecule has 0 saturated carbocycles. The molecule has 0 heterocycles. The second kappa shape index (κ2) is 17.9. The summed E-state index contributed by atoms with van der Waals surface area (Å²) in [4.78, 5) is 4.80. The Morgan fingerprint density at radius 2 is 0.742 bits per heavy atom. The minimum absolute atomic E-state index is 0.966. The molecule has 2 aliphatic rings. The lowest BCUT2D eigenvalue weighted by molar-refractivity contribution is 0.906. The number of fused-ring (bicyclic) bond motifs is 2. The fourth-order valence-electron chi connectivity index (χ4n) is 10.0. The number of para-hydroxylation sites is 2. The van der Waals surface area contributed by atoms with E-state index < -0.39 is 0 Å². The monoisotopic (exact) mass is 848 g/mol. The summed E-state index contributed by atoms with van der Waals surface area (Å²) in [5.74, 6) is 0. The average Bonchev–Trinajstić information content (AvgIpc) is 3.38. The van der Waals surface area contributed by atoms with Gasteiger partial charge in [-0.2, -0.15) is 0 Å². The molecule has 0 spiro atoms. The van der Waals surface area contributed by atoms with Crippen LogP contribution in [0.25, 0.3) is 49.4 Å². The summed E-state index contributed by atoms with van der Waals surface area (Å²) < 4.78 is 0. The standard InChI is InChI=1S/C64H52N2/c1-45-23-35-55(36-24-45)65(53-19-11-5-12-20-53)57-39-41-59-61(43-57)63(51-31-27-49(28-32-51)47-15-7-3-8-16-47)60-42-40-58(66(54-21-13-6-14-22-54)56-37-25-46(2)26-38-56)44-62(60)64(59)52-33-29-50(30-34-52)48-17-9-4-10-18-48/h3-9,11-17,19-29,31-33,35-44H,10,18,30,34H2,1-2H3. The van der Waals surface area contributed by atoms with Gasteiger partial charge in [-0.3, -0.25) is 0 Å². The Labute approximate surface area is 389 Å². The lowest BCUT2D eigenvalue weighted by Gasteiger charge is -2.29. The number of aryl methyl sites for hydroxylation is 2. The first-order valence-corrected chi connectivity index (χ1v) is 23.3. The van der Waals surface area contributed by atoms with Crippen LogP contribution in [0.2, 0.25) is 0 Å². The molecule has 2 nitrogen and oxygen atoms in total. The highest BCUT2D eigenvalue weighted by Gasteiger charge is 2.24. The summed E-state index contributed by atoms with van der Waals surface area (Å²) in [5, 5.41) is 4.98. The van der Waals surface area contributed by atoms with Crippen molar-refractivity contribution >= 4 is 61.2 Å². The van der Waals surface area contributed by atoms with Gasteiger partial charge in [-0.15, -0.1) is 0 Å². The molecule has 0 unspecified atom stereocenters. The van der Waals surface area contributed by atoms with Gasteiger partial charge in [-0.25, -0.2) is 0 Å². The number of hydrogen-bond donors (Lipinski definition) is 0. The number of anilines is 6. The van der Waals surface area contributed by atoms with Crippen molar-refractivity contribution in [2.24, 2.45) is 0 Å². The highest BCUT2D eigenvalue weighted by molar-refractivity contribution is 6.20. The van der Waals surface area contributed by atoms with Gasteiger partial charge in [-0.1, -0.05) is 169 Å². The molecule has 0 fully saturated rings. The van der Waals surface area contributed by atoms with E-state index in [0.717, 1.165) is 59.8 Å². The molecule has 0 aliphatic heterocycles. The first-order valence-electron chi connectivity index (χ1n) is 23.3. The van der Waals surface area contributed by atoms with Crippen LogP contribution in [0.3, 0.4) is 0 Å². The molecule has 0 aromatic heterocycles. The minimum Gasteiger partial charge on any atom is -0.310 e. The summed E-state index contributed by atoms with van der Waals surface area (Å²) >= 11 is 0. The average molecular weight is 849 g/mol. The van der Waals surface area contributed by atoms with Crippen molar-refractivity contribution in [1.82, 2.24) is 0 Å². The molecule has 0 bridgehead atoms. The van der Waals surface area contributed by atoms with E-state index >= 15 is 0 Å². The molecule has 0 amide bonds. The quantitative estimate of drug-likeness (QED) is 0.127. The first-order chi connectivity index (χ1) is 32.6. The third kappa shape index (κ3) is 7.97. The predicted molar refractivity (Wildman–Crippen MR) is 283 cm³/mol. The van der Waals surface area contributed by atoms with E-state index in [1.54, 1.807) is 0 Å². The minimum atomic E-state index is 0.966. The molecule has 0 N–H and O–H groups in total. The Kier molecular flexibility index (Phi) is 11.1. The number of nitrogens with zero attached hydrogens (tertiary/aromatic N) is 2. The third-order valence-corrected chi connectivity index (χ3v) is 13.4. The molecule has 2 aliphatic carbocycles. The Bertz CT molecular complexity index is 3320. The second-order valence-corrected chi connectivity index (χ2v) is 17.7. The van der Waals surface area contributed by atoms with Crippen molar-refractivity contribution in [3.63, 3.8) is 0 Å². The van der Waals surface area contributed by atoms with Crippen LogP contribution in [0.5, 0.6) is 0 Å². The highest BCUT2D eigenvalue weighted by atomic mass is 15.1. The van der Waals surface area contributed by atoms with Crippen LogP contribution in [0.1, 0.15) is 42.4 Å². The van der Waals surface area contributed by atoms with Gasteiger partial charge in [0.1, 0.15) is 0 Å². The number of hydrogen-bond acceptors (Lipinski definition) is 2. The maximum atomic E-state index is 2.46. The summed E-state index contributed by atoms with van der Waals surface area (Å²) in [5.41, 5.74) is 19.7. The van der Waals surface area contributed by atoms with Crippen molar-refractivity contribution in [3.05, 3.63) is 258 Å². The lowest BCUT2D eigenvalue weighted by Crippen LogP contribution is -2.10. The van der Waals surface area contributed by atoms with E-state index in [2.05, 4.69) is 254 Å². The van der Waals surface area contributed by atoms with Crippen molar-refractivity contribution in [3.8, 4) is 22.3 Å². The van der Waals surface area contributed by atoms with Crippen LogP contribution < -0.4 is 9.80 Å². The Balaban J connectivity index is 1.20. The smallest absolute Gasteiger partial charge is 0.0468 e. The van der Waals surface area contributed by atoms with Crippen LogP contribution in [-0.4, -0.2) is 0 Å². The van der Waals surface area contributed by atoms with Gasteiger partial charge >= 0.3 is 0 Å². The van der Waals surface area contributed by atoms with Gasteiger partial charge in [-0.05, 0) is 178 Å². The molecule has 0 saturated heterocycles. The largest absolute Gasteiger partial charge is 0.310 e. The second-order valence-electron chi connectivity index (χ2n) is 17.7. The van der Waals surface area contributed by atoms with E-state index in [0.29, 0.717) is 0 Å². The Morgan fingerprint density at radius 1 is 0.318 bits per heavy atom. The maximum absolute atomic E-state index is 2.46. The Hall–Kier alpha value is -7.94. The summed E-state index contributed by atoms with van der Waals surface area (Å²) in [7, 11) is 0. The van der Waals surface area contributed by atoms with Crippen LogP contribution in [-0.2, 0) is 0 Å². The molecular formula is C64H52N2. The van der Waals surface area contributed by atoms with E-state index in [-0.39, 0.29) is 0 Å². The van der Waals surface area contributed by atoms with Crippen LogP contribution in [0.15, 0.2) is 242 Å². The van der Waals surface area contributed by atoms with Crippen LogP contribution in [0, 0.1) is 13.8 Å². The van der Waals surface area contributed by atoms with Gasteiger partial charge in [0.15, 0.2) is 0 Å². The molecule has 9 aromatic carbocycles. The summed E-state index contributed by atoms with van der Waals surface area (Å²) in [6, 6.07) is 73.7. The zero-order chi connectivity index (χ0) is 44.4. The van der Waals surface area contributed by atoms with Gasteiger partial charge in [0, 0.05) is 34.1 Å².